The molecule has 0 saturated heterocycles. The van der Waals surface area contributed by atoms with Crippen LogP contribution in [0, 0.1) is 0 Å². The Labute approximate surface area is 184 Å². The van der Waals surface area contributed by atoms with E-state index in [-0.39, 0.29) is 6.54 Å². The molecule has 0 amide bonds. The average Bonchev–Trinajstić information content (AvgIpc) is 2.65. The van der Waals surface area contributed by atoms with Gasteiger partial charge in [-0.2, -0.15) is 8.17 Å². The molecule has 146 valence electrons. The molecule has 0 atom stereocenters. The first kappa shape index (κ1) is 24.2. The maximum atomic E-state index is 12.5. The number of aromatic nitrogens is 3. The van der Waals surface area contributed by atoms with Crippen molar-refractivity contribution in [2.24, 2.45) is 0 Å². The van der Waals surface area contributed by atoms with E-state index in [1.807, 2.05) is 0 Å². The minimum atomic E-state index is -1.86. The van der Waals surface area contributed by atoms with E-state index in [0.717, 1.165) is 38.4 Å². The van der Waals surface area contributed by atoms with E-state index in [1.165, 1.54) is 6.42 Å². The van der Waals surface area contributed by atoms with Crippen molar-refractivity contribution >= 4 is 93.5 Å². The fourth-order valence-corrected chi connectivity index (χ4v) is 4.44. The van der Waals surface area contributed by atoms with Gasteiger partial charge >= 0.3 is 11.4 Å². The van der Waals surface area contributed by atoms with E-state index in [1.54, 1.807) is 0 Å². The molecule has 0 spiro atoms. The molecule has 0 unspecified atom stereocenters. The van der Waals surface area contributed by atoms with E-state index >= 15 is 0 Å². The lowest BCUT2D eigenvalue weighted by Gasteiger charge is -2.14. The van der Waals surface area contributed by atoms with Crippen LogP contribution in [0.3, 0.4) is 0 Å². The van der Waals surface area contributed by atoms with Crippen LogP contribution in [-0.2, 0) is 6.54 Å². The fraction of sp³-hybridized carbons (Fsp3) is 0.833. The van der Waals surface area contributed by atoms with E-state index in [9.17, 15) is 9.59 Å². The molecule has 0 aromatic carbocycles. The summed E-state index contributed by atoms with van der Waals surface area (Å²) in [4.78, 5) is 25.0. The molecule has 0 aliphatic heterocycles. The predicted molar refractivity (Wildman–Crippen MR) is 113 cm³/mol. The minimum absolute atomic E-state index is 0.248. The van der Waals surface area contributed by atoms with Crippen LogP contribution in [0.5, 0.6) is 0 Å². The van der Waals surface area contributed by atoms with Crippen molar-refractivity contribution < 1.29 is 0 Å². The molecule has 0 aliphatic carbocycles. The van der Waals surface area contributed by atoms with Crippen molar-refractivity contribution in [3.63, 3.8) is 0 Å². The van der Waals surface area contributed by atoms with Gasteiger partial charge in [0.05, 0.1) is 0 Å². The number of halogens is 6. The Hall–Kier alpha value is 1.18. The molecule has 0 fully saturated rings. The molecular formula is C12H17Cl6N3O2S2. The Morgan fingerprint density at radius 2 is 1.16 bits per heavy atom. The maximum absolute atomic E-state index is 12.5. The van der Waals surface area contributed by atoms with Crippen LogP contribution < -0.4 is 11.4 Å². The van der Waals surface area contributed by atoms with E-state index < -0.39 is 17.6 Å². The van der Waals surface area contributed by atoms with E-state index in [2.05, 4.69) is 6.92 Å². The standard InChI is InChI=1S/C12H17Cl6N3O2S2/c1-2-3-4-5-6-7-8-19-9(22)20(24-11(13,14)15)21(10(19)23)25-12(16,17)18/h2-8H2,1H3. The molecule has 0 aliphatic rings. The number of rotatable bonds is 9. The summed E-state index contributed by atoms with van der Waals surface area (Å²) in [5.41, 5.74) is -1.28. The molecule has 25 heavy (non-hydrogen) atoms. The molecule has 0 saturated carbocycles. The summed E-state index contributed by atoms with van der Waals surface area (Å²) >= 11 is 35.4. The number of alkyl halides is 6. The Morgan fingerprint density at radius 1 is 0.760 bits per heavy atom. The summed E-state index contributed by atoms with van der Waals surface area (Å²) < 4.78 is -0.901. The van der Waals surface area contributed by atoms with Gasteiger partial charge in [-0.25, -0.2) is 14.2 Å². The molecule has 1 rings (SSSR count). The average molecular weight is 512 g/mol. The van der Waals surface area contributed by atoms with Crippen LogP contribution in [0.25, 0.3) is 0 Å². The zero-order valence-electron chi connectivity index (χ0n) is 13.2. The van der Waals surface area contributed by atoms with Crippen molar-refractivity contribution in [1.82, 2.24) is 12.7 Å². The third-order valence-electron chi connectivity index (χ3n) is 3.07. The van der Waals surface area contributed by atoms with E-state index in [4.69, 9.17) is 69.6 Å². The van der Waals surface area contributed by atoms with Gasteiger partial charge in [0.25, 0.3) is 6.25 Å². The topological polar surface area (TPSA) is 48.9 Å². The molecule has 13 heteroatoms. The molecule has 0 bridgehead atoms. The lowest BCUT2D eigenvalue weighted by molar-refractivity contribution is 0.542. The summed E-state index contributed by atoms with van der Waals surface area (Å²) in [6.07, 6.45) is 6.08. The van der Waals surface area contributed by atoms with Gasteiger partial charge in [-0.05, 0) is 6.42 Å². The smallest absolute Gasteiger partial charge is 0.245 e. The largest absolute Gasteiger partial charge is 0.358 e. The maximum Gasteiger partial charge on any atom is 0.358 e. The number of unbranched alkanes of at least 4 members (excludes halogenated alkanes) is 5. The lowest BCUT2D eigenvalue weighted by atomic mass is 10.1. The minimum Gasteiger partial charge on any atom is -0.245 e. The van der Waals surface area contributed by atoms with Gasteiger partial charge < -0.3 is 0 Å². The third-order valence-corrected chi connectivity index (χ3v) is 5.81. The van der Waals surface area contributed by atoms with Crippen molar-refractivity contribution in [3.05, 3.63) is 21.0 Å². The second-order valence-electron chi connectivity index (χ2n) is 5.10. The normalized spacial score (nSPS) is 12.8. The van der Waals surface area contributed by atoms with Gasteiger partial charge in [0.2, 0.25) is 0 Å². The van der Waals surface area contributed by atoms with E-state index in [0.29, 0.717) is 30.3 Å². The van der Waals surface area contributed by atoms with Crippen LogP contribution >= 0.6 is 93.5 Å². The molecule has 5 nitrogen and oxygen atoms in total. The van der Waals surface area contributed by atoms with Crippen LogP contribution in [-0.4, -0.2) is 19.0 Å². The van der Waals surface area contributed by atoms with Crippen molar-refractivity contribution in [3.8, 4) is 0 Å². The van der Waals surface area contributed by atoms with Crippen molar-refractivity contribution in [2.45, 2.75) is 58.2 Å². The van der Waals surface area contributed by atoms with Gasteiger partial charge in [-0.15, -0.1) is 0 Å². The zero-order valence-corrected chi connectivity index (χ0v) is 19.4. The highest BCUT2D eigenvalue weighted by molar-refractivity contribution is 8.05. The van der Waals surface area contributed by atoms with Gasteiger partial charge in [-0.3, -0.25) is 0 Å². The highest BCUT2D eigenvalue weighted by Gasteiger charge is 2.32. The summed E-state index contributed by atoms with van der Waals surface area (Å²) in [5, 5.41) is 0. The number of nitrogens with zero attached hydrogens (tertiary/aromatic N) is 3. The van der Waals surface area contributed by atoms with Gasteiger partial charge in [0.1, 0.15) is 0 Å². The van der Waals surface area contributed by atoms with Crippen LogP contribution in [0.1, 0.15) is 45.4 Å². The number of hydrogen-bond donors (Lipinski definition) is 0. The molecule has 0 radical (unpaired) electrons. The summed E-state index contributed by atoms with van der Waals surface area (Å²) in [6, 6.07) is 0. The molecule has 1 heterocycles. The lowest BCUT2D eigenvalue weighted by Crippen LogP contribution is -2.28. The third kappa shape index (κ3) is 8.81. The van der Waals surface area contributed by atoms with Gasteiger partial charge in [0, 0.05) is 30.4 Å². The summed E-state index contributed by atoms with van der Waals surface area (Å²) in [7, 11) is 0. The molecule has 1 aromatic rings. The number of hydrogen-bond acceptors (Lipinski definition) is 4. The Morgan fingerprint density at radius 3 is 1.56 bits per heavy atom. The Balaban J connectivity index is 3.00. The van der Waals surface area contributed by atoms with Crippen molar-refractivity contribution in [1.29, 1.82) is 0 Å². The Kier molecular flexibility index (Phi) is 10.3. The van der Waals surface area contributed by atoms with Gasteiger partial charge in [0.15, 0.2) is 0 Å². The zero-order chi connectivity index (χ0) is 19.3. The fourth-order valence-electron chi connectivity index (χ4n) is 2.03. The first-order chi connectivity index (χ1) is 11.5. The first-order valence-electron chi connectivity index (χ1n) is 7.43. The molecule has 1 aromatic heterocycles. The molecule has 0 N–H and O–H groups in total. The predicted octanol–water partition coefficient (Wildman–Crippen LogP) is 5.82. The monoisotopic (exact) mass is 509 g/mol. The quantitative estimate of drug-likeness (QED) is 0.309. The van der Waals surface area contributed by atoms with Gasteiger partial charge in [-0.1, -0.05) is 109 Å². The second kappa shape index (κ2) is 10.6. The van der Waals surface area contributed by atoms with Crippen molar-refractivity contribution in [2.75, 3.05) is 0 Å². The Bertz CT molecular complexity index is 614. The first-order valence-corrected chi connectivity index (χ1v) is 11.2. The highest BCUT2D eigenvalue weighted by atomic mass is 35.6. The summed E-state index contributed by atoms with van der Waals surface area (Å²) in [6.45, 7) is 2.38. The molecular weight excluding hydrogens is 495 g/mol. The van der Waals surface area contributed by atoms with Crippen LogP contribution in [0.4, 0.5) is 0 Å². The second-order valence-corrected chi connectivity index (χ2v) is 13.3. The SMILES string of the molecule is CCCCCCCCn1c(=O)n(SC(Cl)(Cl)Cl)n(SC(Cl)(Cl)Cl)c1=O. The van der Waals surface area contributed by atoms with Crippen LogP contribution in [0.2, 0.25) is 0 Å². The summed E-state index contributed by atoms with van der Waals surface area (Å²) in [5.74, 6) is 0. The highest BCUT2D eigenvalue weighted by Crippen LogP contribution is 2.42. The van der Waals surface area contributed by atoms with Crippen LogP contribution in [0.15, 0.2) is 9.59 Å².